The lowest BCUT2D eigenvalue weighted by atomic mass is 10.2. The number of carbonyl (C=O) groups excluding carboxylic acids is 1. The molecule has 0 N–H and O–H groups in total. The first-order valence-corrected chi connectivity index (χ1v) is 7.73. The normalized spacial score (nSPS) is 21.0. The zero-order chi connectivity index (χ0) is 13.0. The van der Waals surface area contributed by atoms with Crippen molar-refractivity contribution in [1.82, 2.24) is 4.31 Å². The van der Waals surface area contributed by atoms with Gasteiger partial charge in [-0.3, -0.25) is 0 Å². The molecule has 1 atom stereocenters. The summed E-state index contributed by atoms with van der Waals surface area (Å²) >= 11 is 0. The van der Waals surface area contributed by atoms with Gasteiger partial charge in [0.2, 0.25) is 10.0 Å². The standard InChI is InChI=1S/C13H17NO3S/c15-11-13-7-4-9-14(13)18(16,17)10-8-12-5-2-1-3-6-12/h1-3,5-6,11,13H,4,7-10H2. The summed E-state index contributed by atoms with van der Waals surface area (Å²) in [6.45, 7) is 0.473. The predicted octanol–water partition coefficient (Wildman–Crippen LogP) is 1.22. The van der Waals surface area contributed by atoms with E-state index in [1.54, 1.807) is 0 Å². The molecule has 0 radical (unpaired) electrons. The van der Waals surface area contributed by atoms with Crippen LogP contribution in [-0.2, 0) is 21.2 Å². The Labute approximate surface area is 108 Å². The summed E-state index contributed by atoms with van der Waals surface area (Å²) in [6.07, 6.45) is 2.65. The molecule has 0 bridgehead atoms. The monoisotopic (exact) mass is 267 g/mol. The first-order valence-electron chi connectivity index (χ1n) is 6.12. The van der Waals surface area contributed by atoms with Crippen LogP contribution in [-0.4, -0.2) is 37.3 Å². The third-order valence-corrected chi connectivity index (χ3v) is 5.14. The van der Waals surface area contributed by atoms with Gasteiger partial charge in [-0.2, -0.15) is 4.31 Å². The lowest BCUT2D eigenvalue weighted by Gasteiger charge is -2.19. The number of hydrogen-bond acceptors (Lipinski definition) is 3. The predicted molar refractivity (Wildman–Crippen MR) is 69.7 cm³/mol. The van der Waals surface area contributed by atoms with Gasteiger partial charge in [0, 0.05) is 6.54 Å². The number of nitrogens with zero attached hydrogens (tertiary/aromatic N) is 1. The lowest BCUT2D eigenvalue weighted by molar-refractivity contribution is -0.110. The van der Waals surface area contributed by atoms with E-state index in [1.807, 2.05) is 30.3 Å². The maximum atomic E-state index is 12.1. The van der Waals surface area contributed by atoms with Crippen molar-refractivity contribution in [3.05, 3.63) is 35.9 Å². The summed E-state index contributed by atoms with van der Waals surface area (Å²) in [5.74, 6) is 0.0708. The van der Waals surface area contributed by atoms with Crippen LogP contribution in [0, 0.1) is 0 Å². The van der Waals surface area contributed by atoms with Gasteiger partial charge in [-0.25, -0.2) is 8.42 Å². The molecule has 1 aromatic carbocycles. The summed E-state index contributed by atoms with van der Waals surface area (Å²) in [6, 6.07) is 9.07. The van der Waals surface area contributed by atoms with E-state index in [-0.39, 0.29) is 5.75 Å². The van der Waals surface area contributed by atoms with Crippen LogP contribution >= 0.6 is 0 Å². The summed E-state index contributed by atoms with van der Waals surface area (Å²) in [7, 11) is -3.32. The molecular weight excluding hydrogens is 250 g/mol. The highest BCUT2D eigenvalue weighted by Crippen LogP contribution is 2.20. The maximum Gasteiger partial charge on any atom is 0.215 e. The van der Waals surface area contributed by atoms with Crippen LogP contribution in [0.2, 0.25) is 0 Å². The van der Waals surface area contributed by atoms with E-state index >= 15 is 0 Å². The molecule has 0 saturated carbocycles. The van der Waals surface area contributed by atoms with Crippen molar-refractivity contribution in [3.63, 3.8) is 0 Å². The van der Waals surface area contributed by atoms with E-state index in [0.717, 1.165) is 18.3 Å². The molecule has 18 heavy (non-hydrogen) atoms. The van der Waals surface area contributed by atoms with E-state index in [9.17, 15) is 13.2 Å². The Kier molecular flexibility index (Phi) is 4.14. The topological polar surface area (TPSA) is 54.5 Å². The molecule has 1 heterocycles. The molecule has 1 fully saturated rings. The highest BCUT2D eigenvalue weighted by Gasteiger charge is 2.33. The minimum atomic E-state index is -3.32. The number of hydrogen-bond donors (Lipinski definition) is 0. The van der Waals surface area contributed by atoms with Gasteiger partial charge in [-0.1, -0.05) is 30.3 Å². The van der Waals surface area contributed by atoms with Crippen molar-refractivity contribution in [2.24, 2.45) is 0 Å². The number of aryl methyl sites for hydroxylation is 1. The quantitative estimate of drug-likeness (QED) is 0.754. The Hall–Kier alpha value is -1.20. The molecule has 1 unspecified atom stereocenters. The fraction of sp³-hybridized carbons (Fsp3) is 0.462. The van der Waals surface area contributed by atoms with Crippen molar-refractivity contribution in [1.29, 1.82) is 0 Å². The Balaban J connectivity index is 2.01. The van der Waals surface area contributed by atoms with Crippen LogP contribution in [0.4, 0.5) is 0 Å². The first kappa shape index (κ1) is 13.2. The van der Waals surface area contributed by atoms with Crippen molar-refractivity contribution in [2.45, 2.75) is 25.3 Å². The largest absolute Gasteiger partial charge is 0.302 e. The first-order chi connectivity index (χ1) is 8.63. The molecule has 1 aromatic rings. The average Bonchev–Trinajstić information content (AvgIpc) is 2.87. The molecule has 98 valence electrons. The molecule has 4 nitrogen and oxygen atoms in total. The zero-order valence-corrected chi connectivity index (χ0v) is 11.0. The fourth-order valence-corrected chi connectivity index (χ4v) is 3.96. The van der Waals surface area contributed by atoms with Crippen molar-refractivity contribution in [3.8, 4) is 0 Å². The number of sulfonamides is 1. The fourth-order valence-electron chi connectivity index (χ4n) is 2.26. The Morgan fingerprint density at radius 1 is 1.28 bits per heavy atom. The van der Waals surface area contributed by atoms with Crippen LogP contribution in [0.25, 0.3) is 0 Å². The molecule has 0 amide bonds. The number of aldehydes is 1. The Morgan fingerprint density at radius 2 is 2.00 bits per heavy atom. The number of carbonyl (C=O) groups is 1. The molecule has 0 aliphatic carbocycles. The van der Waals surface area contributed by atoms with Crippen LogP contribution in [0.5, 0.6) is 0 Å². The summed E-state index contributed by atoms with van der Waals surface area (Å²) in [4.78, 5) is 10.8. The van der Waals surface area contributed by atoms with Gasteiger partial charge in [0.25, 0.3) is 0 Å². The van der Waals surface area contributed by atoms with Crippen LogP contribution in [0.15, 0.2) is 30.3 Å². The second kappa shape index (κ2) is 5.63. The molecule has 1 aliphatic heterocycles. The molecule has 0 aromatic heterocycles. The van der Waals surface area contributed by atoms with Crippen molar-refractivity contribution < 1.29 is 13.2 Å². The van der Waals surface area contributed by atoms with E-state index in [2.05, 4.69) is 0 Å². The molecule has 2 rings (SSSR count). The molecule has 1 aliphatic rings. The average molecular weight is 267 g/mol. The van der Waals surface area contributed by atoms with E-state index in [4.69, 9.17) is 0 Å². The van der Waals surface area contributed by atoms with E-state index < -0.39 is 16.1 Å². The van der Waals surface area contributed by atoms with E-state index in [1.165, 1.54) is 4.31 Å². The maximum absolute atomic E-state index is 12.1. The van der Waals surface area contributed by atoms with Gasteiger partial charge < -0.3 is 4.79 Å². The van der Waals surface area contributed by atoms with Crippen LogP contribution in [0.3, 0.4) is 0 Å². The second-order valence-corrected chi connectivity index (χ2v) is 6.55. The highest BCUT2D eigenvalue weighted by atomic mass is 32.2. The smallest absolute Gasteiger partial charge is 0.215 e. The third-order valence-electron chi connectivity index (χ3n) is 3.25. The van der Waals surface area contributed by atoms with Crippen molar-refractivity contribution in [2.75, 3.05) is 12.3 Å². The summed E-state index contributed by atoms with van der Waals surface area (Å²) in [5.41, 5.74) is 1.00. The summed E-state index contributed by atoms with van der Waals surface area (Å²) < 4.78 is 25.6. The van der Waals surface area contributed by atoms with E-state index in [0.29, 0.717) is 19.4 Å². The Morgan fingerprint density at radius 3 is 2.67 bits per heavy atom. The van der Waals surface area contributed by atoms with Crippen molar-refractivity contribution >= 4 is 16.3 Å². The second-order valence-electron chi connectivity index (χ2n) is 4.51. The molecule has 0 spiro atoms. The highest BCUT2D eigenvalue weighted by molar-refractivity contribution is 7.89. The van der Waals surface area contributed by atoms with Crippen LogP contribution in [0.1, 0.15) is 18.4 Å². The van der Waals surface area contributed by atoms with Gasteiger partial charge in [-0.15, -0.1) is 0 Å². The molecule has 5 heteroatoms. The number of rotatable bonds is 5. The molecular formula is C13H17NO3S. The summed E-state index contributed by atoms with van der Waals surface area (Å²) in [5, 5.41) is 0. The van der Waals surface area contributed by atoms with Gasteiger partial charge in [0.05, 0.1) is 11.8 Å². The van der Waals surface area contributed by atoms with Gasteiger partial charge in [-0.05, 0) is 24.8 Å². The van der Waals surface area contributed by atoms with Gasteiger partial charge in [0.15, 0.2) is 0 Å². The van der Waals surface area contributed by atoms with Gasteiger partial charge in [0.1, 0.15) is 6.29 Å². The number of benzene rings is 1. The minimum absolute atomic E-state index is 0.0708. The zero-order valence-electron chi connectivity index (χ0n) is 10.2. The lowest BCUT2D eigenvalue weighted by Crippen LogP contribution is -2.38. The molecule has 1 saturated heterocycles. The van der Waals surface area contributed by atoms with Crippen LogP contribution < -0.4 is 0 Å². The van der Waals surface area contributed by atoms with Gasteiger partial charge >= 0.3 is 0 Å². The third kappa shape index (κ3) is 2.97. The Bertz CT molecular complexity index is 498. The minimum Gasteiger partial charge on any atom is -0.302 e. The SMILES string of the molecule is O=CC1CCCN1S(=O)(=O)CCc1ccccc1.